The number of hydrogen-bond donors (Lipinski definition) is 1. The van der Waals surface area contributed by atoms with Crippen LogP contribution in [0, 0.1) is 20.8 Å². The molecule has 1 N–H and O–H groups in total. The van der Waals surface area contributed by atoms with E-state index in [2.05, 4.69) is 34.2 Å². The van der Waals surface area contributed by atoms with Crippen LogP contribution < -0.4 is 5.32 Å². The minimum absolute atomic E-state index is 0.741. The van der Waals surface area contributed by atoms with E-state index in [1.165, 1.54) is 11.3 Å². The van der Waals surface area contributed by atoms with Crippen LogP contribution in [0.4, 0.5) is 5.82 Å². The molecule has 2 aromatic heterocycles. The summed E-state index contributed by atoms with van der Waals surface area (Å²) < 4.78 is 1.91. The Kier molecular flexibility index (Phi) is 3.83. The third-order valence-corrected chi connectivity index (χ3v) is 3.36. The molecular formula is C14H21N5. The van der Waals surface area contributed by atoms with Crippen molar-refractivity contribution in [2.45, 2.75) is 40.7 Å². The molecule has 102 valence electrons. The van der Waals surface area contributed by atoms with Crippen molar-refractivity contribution in [2.24, 2.45) is 7.05 Å². The van der Waals surface area contributed by atoms with Crippen molar-refractivity contribution < 1.29 is 0 Å². The predicted octanol–water partition coefficient (Wildman–Crippen LogP) is 2.31. The maximum absolute atomic E-state index is 4.42. The second-order valence-corrected chi connectivity index (χ2v) is 4.77. The molecule has 2 rings (SSSR count). The van der Waals surface area contributed by atoms with Crippen molar-refractivity contribution in [2.75, 3.05) is 5.32 Å². The Labute approximate surface area is 114 Å². The summed E-state index contributed by atoms with van der Waals surface area (Å²) in [4.78, 5) is 8.79. The van der Waals surface area contributed by atoms with Crippen LogP contribution in [0.1, 0.15) is 35.4 Å². The fourth-order valence-electron chi connectivity index (χ4n) is 2.15. The number of aromatic nitrogens is 4. The minimum atomic E-state index is 0.741. The third-order valence-electron chi connectivity index (χ3n) is 3.36. The van der Waals surface area contributed by atoms with Crippen molar-refractivity contribution in [3.8, 4) is 0 Å². The van der Waals surface area contributed by atoms with E-state index >= 15 is 0 Å². The summed E-state index contributed by atoms with van der Waals surface area (Å²) in [6.07, 6.45) is 0.920. The van der Waals surface area contributed by atoms with E-state index in [0.717, 1.165) is 36.0 Å². The highest BCUT2D eigenvalue weighted by Crippen LogP contribution is 2.14. The molecule has 0 aliphatic carbocycles. The largest absolute Gasteiger partial charge is 0.366 e. The van der Waals surface area contributed by atoms with Crippen LogP contribution in [-0.2, 0) is 20.0 Å². The summed E-state index contributed by atoms with van der Waals surface area (Å²) in [5.74, 6) is 1.69. The standard InChI is InChI=1S/C14H21N5/c1-6-12-7-14(17-11(4)16-12)15-8-13-9(2)18-19(5)10(13)3/h7H,6,8H2,1-5H3,(H,15,16,17). The first-order valence-corrected chi connectivity index (χ1v) is 6.58. The zero-order valence-electron chi connectivity index (χ0n) is 12.3. The Morgan fingerprint density at radius 2 is 1.95 bits per heavy atom. The van der Waals surface area contributed by atoms with Crippen molar-refractivity contribution >= 4 is 5.82 Å². The molecule has 0 saturated heterocycles. The van der Waals surface area contributed by atoms with Gasteiger partial charge >= 0.3 is 0 Å². The number of nitrogens with zero attached hydrogens (tertiary/aromatic N) is 4. The lowest BCUT2D eigenvalue weighted by atomic mass is 10.2. The first-order valence-electron chi connectivity index (χ1n) is 6.58. The van der Waals surface area contributed by atoms with Gasteiger partial charge in [0, 0.05) is 36.6 Å². The van der Waals surface area contributed by atoms with E-state index in [4.69, 9.17) is 0 Å². The van der Waals surface area contributed by atoms with Gasteiger partial charge in [0.1, 0.15) is 11.6 Å². The van der Waals surface area contributed by atoms with Crippen molar-refractivity contribution in [1.82, 2.24) is 19.7 Å². The molecule has 2 heterocycles. The Bertz CT molecular complexity index is 586. The molecule has 0 radical (unpaired) electrons. The van der Waals surface area contributed by atoms with Gasteiger partial charge < -0.3 is 5.32 Å². The molecule has 0 bridgehead atoms. The maximum atomic E-state index is 4.42. The van der Waals surface area contributed by atoms with E-state index < -0.39 is 0 Å². The smallest absolute Gasteiger partial charge is 0.130 e. The zero-order valence-corrected chi connectivity index (χ0v) is 12.3. The molecule has 2 aromatic rings. The number of aryl methyl sites for hydroxylation is 4. The second kappa shape index (κ2) is 5.38. The summed E-state index contributed by atoms with van der Waals surface area (Å²) >= 11 is 0. The summed E-state index contributed by atoms with van der Waals surface area (Å²) in [5.41, 5.74) is 4.55. The van der Waals surface area contributed by atoms with Crippen LogP contribution >= 0.6 is 0 Å². The van der Waals surface area contributed by atoms with Crippen LogP contribution in [0.25, 0.3) is 0 Å². The Hall–Kier alpha value is -1.91. The number of anilines is 1. The Morgan fingerprint density at radius 1 is 1.21 bits per heavy atom. The lowest BCUT2D eigenvalue weighted by Gasteiger charge is -2.08. The lowest BCUT2D eigenvalue weighted by molar-refractivity contribution is 0.730. The van der Waals surface area contributed by atoms with Gasteiger partial charge in [-0.15, -0.1) is 0 Å². The van der Waals surface area contributed by atoms with Gasteiger partial charge in [0.05, 0.1) is 5.69 Å². The van der Waals surface area contributed by atoms with Gasteiger partial charge in [0.25, 0.3) is 0 Å². The van der Waals surface area contributed by atoms with Gasteiger partial charge in [-0.1, -0.05) is 6.92 Å². The van der Waals surface area contributed by atoms with Gasteiger partial charge in [0.15, 0.2) is 0 Å². The SMILES string of the molecule is CCc1cc(NCc2c(C)nn(C)c2C)nc(C)n1. The molecule has 0 aliphatic heterocycles. The fourth-order valence-corrected chi connectivity index (χ4v) is 2.15. The van der Waals surface area contributed by atoms with E-state index in [-0.39, 0.29) is 0 Å². The summed E-state index contributed by atoms with van der Waals surface area (Å²) in [6.45, 7) is 8.88. The summed E-state index contributed by atoms with van der Waals surface area (Å²) in [7, 11) is 1.97. The average Bonchev–Trinajstić information content (AvgIpc) is 2.60. The quantitative estimate of drug-likeness (QED) is 0.915. The molecule has 0 saturated carbocycles. The molecule has 19 heavy (non-hydrogen) atoms. The normalized spacial score (nSPS) is 10.8. The van der Waals surface area contributed by atoms with Gasteiger partial charge in [-0.3, -0.25) is 4.68 Å². The summed E-state index contributed by atoms with van der Waals surface area (Å²) in [5, 5.41) is 7.79. The monoisotopic (exact) mass is 259 g/mol. The number of hydrogen-bond acceptors (Lipinski definition) is 4. The number of rotatable bonds is 4. The highest BCUT2D eigenvalue weighted by molar-refractivity contribution is 5.38. The summed E-state index contributed by atoms with van der Waals surface area (Å²) in [6, 6.07) is 2.01. The lowest BCUT2D eigenvalue weighted by Crippen LogP contribution is -2.06. The third kappa shape index (κ3) is 2.92. The van der Waals surface area contributed by atoms with Crippen molar-refractivity contribution in [1.29, 1.82) is 0 Å². The molecule has 0 unspecified atom stereocenters. The van der Waals surface area contributed by atoms with E-state index in [1.807, 2.05) is 31.6 Å². The van der Waals surface area contributed by atoms with Gasteiger partial charge in [-0.05, 0) is 27.2 Å². The fraction of sp³-hybridized carbons (Fsp3) is 0.500. The molecule has 0 aliphatic rings. The average molecular weight is 259 g/mol. The Morgan fingerprint density at radius 3 is 2.53 bits per heavy atom. The molecule has 0 spiro atoms. The molecule has 0 amide bonds. The molecule has 0 atom stereocenters. The Balaban J connectivity index is 2.16. The van der Waals surface area contributed by atoms with Crippen LogP contribution in [0.15, 0.2) is 6.07 Å². The highest BCUT2D eigenvalue weighted by atomic mass is 15.3. The van der Waals surface area contributed by atoms with E-state index in [1.54, 1.807) is 0 Å². The second-order valence-electron chi connectivity index (χ2n) is 4.77. The van der Waals surface area contributed by atoms with Gasteiger partial charge in [-0.2, -0.15) is 5.10 Å². The highest BCUT2D eigenvalue weighted by Gasteiger charge is 2.09. The van der Waals surface area contributed by atoms with Crippen LogP contribution in [0.2, 0.25) is 0 Å². The minimum Gasteiger partial charge on any atom is -0.366 e. The first-order chi connectivity index (χ1) is 9.01. The maximum Gasteiger partial charge on any atom is 0.130 e. The van der Waals surface area contributed by atoms with Crippen LogP contribution in [0.3, 0.4) is 0 Å². The van der Waals surface area contributed by atoms with Crippen molar-refractivity contribution in [3.05, 3.63) is 34.5 Å². The van der Waals surface area contributed by atoms with E-state index in [9.17, 15) is 0 Å². The van der Waals surface area contributed by atoms with Gasteiger partial charge in [0.2, 0.25) is 0 Å². The molecule has 0 aromatic carbocycles. The van der Waals surface area contributed by atoms with Gasteiger partial charge in [-0.25, -0.2) is 9.97 Å². The first kappa shape index (κ1) is 13.5. The zero-order chi connectivity index (χ0) is 14.0. The number of nitrogens with one attached hydrogen (secondary N) is 1. The topological polar surface area (TPSA) is 55.6 Å². The van der Waals surface area contributed by atoms with E-state index in [0.29, 0.717) is 0 Å². The molecule has 0 fully saturated rings. The molecular weight excluding hydrogens is 238 g/mol. The molecule has 5 nitrogen and oxygen atoms in total. The molecule has 5 heteroatoms. The van der Waals surface area contributed by atoms with Crippen molar-refractivity contribution in [3.63, 3.8) is 0 Å². The van der Waals surface area contributed by atoms with Crippen LogP contribution in [-0.4, -0.2) is 19.7 Å². The predicted molar refractivity (Wildman–Crippen MR) is 76.2 cm³/mol. The van der Waals surface area contributed by atoms with Crippen LogP contribution in [0.5, 0.6) is 0 Å².